The first-order valence-corrected chi connectivity index (χ1v) is 14.6. The standard InChI is InChI=1S/C29H27F3N4O4S/c1-41(38,39)27-11-7-20(29(30,31)32)16-26(27)35-28(37)34-25-10-9-22(23-4-2-3-5-24(23)25)19-6-8-21(33-17-19)18-36-12-14-40-15-13-36/h2-11,16-17H,12-15,18H2,1H3,(H2,34,35,37). The molecule has 0 aliphatic carbocycles. The van der Waals surface area contributed by atoms with Gasteiger partial charge in [0.1, 0.15) is 0 Å². The molecule has 1 saturated heterocycles. The second-order valence-electron chi connectivity index (χ2n) is 9.69. The first-order valence-electron chi connectivity index (χ1n) is 12.8. The molecule has 214 valence electrons. The van der Waals surface area contributed by atoms with E-state index in [2.05, 4.69) is 20.5 Å². The Labute approximate surface area is 235 Å². The molecule has 1 aromatic heterocycles. The van der Waals surface area contributed by atoms with E-state index in [-0.39, 0.29) is 0 Å². The number of carbonyl (C=O) groups excluding carboxylic acids is 1. The number of ether oxygens (including phenoxy) is 1. The lowest BCUT2D eigenvalue weighted by molar-refractivity contribution is -0.137. The number of sulfone groups is 1. The molecule has 0 atom stereocenters. The van der Waals surface area contributed by atoms with Crippen LogP contribution in [0.2, 0.25) is 0 Å². The van der Waals surface area contributed by atoms with Gasteiger partial charge in [-0.2, -0.15) is 13.2 Å². The van der Waals surface area contributed by atoms with Gasteiger partial charge >= 0.3 is 12.2 Å². The van der Waals surface area contributed by atoms with E-state index in [0.29, 0.717) is 36.4 Å². The molecule has 12 heteroatoms. The van der Waals surface area contributed by atoms with Crippen molar-refractivity contribution >= 4 is 38.0 Å². The van der Waals surface area contributed by atoms with Crippen LogP contribution >= 0.6 is 0 Å². The van der Waals surface area contributed by atoms with Crippen LogP contribution in [-0.4, -0.2) is 56.9 Å². The monoisotopic (exact) mass is 584 g/mol. The third kappa shape index (κ3) is 6.67. The molecule has 5 rings (SSSR count). The van der Waals surface area contributed by atoms with E-state index < -0.39 is 38.2 Å². The molecule has 8 nitrogen and oxygen atoms in total. The summed E-state index contributed by atoms with van der Waals surface area (Å²) in [6.07, 6.45) is -2.06. The highest BCUT2D eigenvalue weighted by Crippen LogP contribution is 2.35. The van der Waals surface area contributed by atoms with Gasteiger partial charge in [0.2, 0.25) is 0 Å². The van der Waals surface area contributed by atoms with E-state index in [1.54, 1.807) is 24.4 Å². The Kier molecular flexibility index (Phi) is 7.98. The highest BCUT2D eigenvalue weighted by Gasteiger charge is 2.32. The van der Waals surface area contributed by atoms with Crippen molar-refractivity contribution in [1.29, 1.82) is 0 Å². The summed E-state index contributed by atoms with van der Waals surface area (Å²) in [5, 5.41) is 6.43. The highest BCUT2D eigenvalue weighted by atomic mass is 32.2. The van der Waals surface area contributed by atoms with Crippen LogP contribution in [0.4, 0.5) is 29.3 Å². The fourth-order valence-electron chi connectivity index (χ4n) is 4.73. The maximum Gasteiger partial charge on any atom is 0.416 e. The number of nitrogens with zero attached hydrogens (tertiary/aromatic N) is 2. The molecule has 3 aromatic carbocycles. The number of aromatic nitrogens is 1. The maximum absolute atomic E-state index is 13.3. The fourth-order valence-corrected chi connectivity index (χ4v) is 5.55. The van der Waals surface area contributed by atoms with Crippen molar-refractivity contribution in [2.24, 2.45) is 0 Å². The van der Waals surface area contributed by atoms with Crippen molar-refractivity contribution in [3.05, 3.63) is 84.2 Å². The number of fused-ring (bicyclic) bond motifs is 1. The van der Waals surface area contributed by atoms with E-state index in [9.17, 15) is 26.4 Å². The SMILES string of the molecule is CS(=O)(=O)c1ccc(C(F)(F)F)cc1NC(=O)Nc1ccc(-c2ccc(CN3CCOCC3)nc2)c2ccccc12. The third-order valence-corrected chi connectivity index (χ3v) is 7.91. The average Bonchev–Trinajstić information content (AvgIpc) is 2.93. The summed E-state index contributed by atoms with van der Waals surface area (Å²) in [6.45, 7) is 3.87. The molecule has 2 heterocycles. The summed E-state index contributed by atoms with van der Waals surface area (Å²) >= 11 is 0. The number of morpholine rings is 1. The highest BCUT2D eigenvalue weighted by molar-refractivity contribution is 7.90. The molecule has 0 bridgehead atoms. The number of hydrogen-bond acceptors (Lipinski definition) is 6. The normalized spacial score (nSPS) is 14.6. The Morgan fingerprint density at radius 3 is 2.32 bits per heavy atom. The number of amides is 2. The number of urea groups is 1. The zero-order valence-corrected chi connectivity index (χ0v) is 22.8. The Balaban J connectivity index is 1.39. The second kappa shape index (κ2) is 11.5. The van der Waals surface area contributed by atoms with Gasteiger partial charge in [-0.15, -0.1) is 0 Å². The first-order chi connectivity index (χ1) is 19.5. The van der Waals surface area contributed by atoms with Gasteiger partial charge in [0.05, 0.1) is 40.7 Å². The van der Waals surface area contributed by atoms with Crippen LogP contribution in [-0.2, 0) is 27.3 Å². The molecule has 0 spiro atoms. The van der Waals surface area contributed by atoms with Gasteiger partial charge in [-0.25, -0.2) is 13.2 Å². The third-order valence-electron chi connectivity index (χ3n) is 6.75. The van der Waals surface area contributed by atoms with Crippen LogP contribution in [0.5, 0.6) is 0 Å². The molecule has 1 aliphatic heterocycles. The molecular weight excluding hydrogens is 557 g/mol. The Hall–Kier alpha value is -4.00. The van der Waals surface area contributed by atoms with E-state index in [1.807, 2.05) is 30.3 Å². The van der Waals surface area contributed by atoms with Crippen LogP contribution in [0.1, 0.15) is 11.3 Å². The lowest BCUT2D eigenvalue weighted by Gasteiger charge is -2.26. The maximum atomic E-state index is 13.3. The smallest absolute Gasteiger partial charge is 0.379 e. The molecule has 0 unspecified atom stereocenters. The van der Waals surface area contributed by atoms with Crippen LogP contribution in [0, 0.1) is 0 Å². The Bertz CT molecular complexity index is 1690. The molecule has 2 amide bonds. The fraction of sp³-hybridized carbons (Fsp3) is 0.241. The number of nitrogens with one attached hydrogen (secondary N) is 2. The lowest BCUT2D eigenvalue weighted by Crippen LogP contribution is -2.35. The van der Waals surface area contributed by atoms with Crippen molar-refractivity contribution < 1.29 is 31.1 Å². The van der Waals surface area contributed by atoms with Gasteiger partial charge in [-0.1, -0.05) is 36.4 Å². The van der Waals surface area contributed by atoms with Gasteiger partial charge in [0.15, 0.2) is 9.84 Å². The second-order valence-corrected chi connectivity index (χ2v) is 11.7. The van der Waals surface area contributed by atoms with Gasteiger partial charge < -0.3 is 15.4 Å². The van der Waals surface area contributed by atoms with Crippen molar-refractivity contribution in [3.8, 4) is 11.1 Å². The van der Waals surface area contributed by atoms with Gasteiger partial charge in [-0.05, 0) is 41.3 Å². The number of pyridine rings is 1. The van der Waals surface area contributed by atoms with Crippen molar-refractivity contribution in [1.82, 2.24) is 9.88 Å². The summed E-state index contributed by atoms with van der Waals surface area (Å²) in [6, 6.07) is 16.0. The predicted octanol–water partition coefficient (Wildman–Crippen LogP) is 5.80. The summed E-state index contributed by atoms with van der Waals surface area (Å²) < 4.78 is 69.5. The zero-order chi connectivity index (χ0) is 29.2. The van der Waals surface area contributed by atoms with Gasteiger partial charge in [-0.3, -0.25) is 9.88 Å². The minimum atomic E-state index is -4.72. The molecule has 1 fully saturated rings. The average molecular weight is 585 g/mol. The Morgan fingerprint density at radius 2 is 1.66 bits per heavy atom. The molecule has 0 radical (unpaired) electrons. The minimum Gasteiger partial charge on any atom is -0.379 e. The number of carbonyl (C=O) groups is 1. The number of alkyl halides is 3. The van der Waals surface area contributed by atoms with Crippen LogP contribution < -0.4 is 10.6 Å². The molecule has 4 aromatic rings. The molecule has 2 N–H and O–H groups in total. The van der Waals surface area contributed by atoms with Gasteiger partial charge in [0, 0.05) is 43.0 Å². The summed E-state index contributed by atoms with van der Waals surface area (Å²) in [4.78, 5) is 19.4. The summed E-state index contributed by atoms with van der Waals surface area (Å²) in [5.74, 6) is 0. The predicted molar refractivity (Wildman–Crippen MR) is 150 cm³/mol. The van der Waals surface area contributed by atoms with Crippen LogP contribution in [0.3, 0.4) is 0 Å². The number of halogens is 3. The van der Waals surface area contributed by atoms with Crippen molar-refractivity contribution in [2.45, 2.75) is 17.6 Å². The molecule has 1 aliphatic rings. The van der Waals surface area contributed by atoms with E-state index >= 15 is 0 Å². The number of rotatable bonds is 6. The zero-order valence-electron chi connectivity index (χ0n) is 22.0. The van der Waals surface area contributed by atoms with Gasteiger partial charge in [0.25, 0.3) is 0 Å². The van der Waals surface area contributed by atoms with E-state index in [0.717, 1.165) is 54.2 Å². The summed E-state index contributed by atoms with van der Waals surface area (Å²) in [7, 11) is -3.92. The summed E-state index contributed by atoms with van der Waals surface area (Å²) in [5.41, 5.74) is 1.55. The van der Waals surface area contributed by atoms with Crippen molar-refractivity contribution in [2.75, 3.05) is 43.2 Å². The molecule has 41 heavy (non-hydrogen) atoms. The molecular formula is C29H27F3N4O4S. The number of hydrogen-bond donors (Lipinski definition) is 2. The topological polar surface area (TPSA) is 101 Å². The number of anilines is 2. The molecule has 0 saturated carbocycles. The van der Waals surface area contributed by atoms with Crippen LogP contribution in [0.15, 0.2) is 77.8 Å². The minimum absolute atomic E-state index is 0.395. The van der Waals surface area contributed by atoms with E-state index in [1.165, 1.54) is 0 Å². The first kappa shape index (κ1) is 28.5. The Morgan fingerprint density at radius 1 is 0.951 bits per heavy atom. The number of benzene rings is 3. The largest absolute Gasteiger partial charge is 0.416 e. The van der Waals surface area contributed by atoms with Crippen molar-refractivity contribution in [3.63, 3.8) is 0 Å². The van der Waals surface area contributed by atoms with E-state index in [4.69, 9.17) is 4.74 Å². The van der Waals surface area contributed by atoms with Crippen LogP contribution in [0.25, 0.3) is 21.9 Å². The lowest BCUT2D eigenvalue weighted by atomic mass is 9.98. The quantitative estimate of drug-likeness (QED) is 0.297.